The summed E-state index contributed by atoms with van der Waals surface area (Å²) in [6.07, 6.45) is 2.50. The molecule has 4 heteroatoms. The van der Waals surface area contributed by atoms with E-state index < -0.39 is 11.9 Å². The Bertz CT molecular complexity index is 484. The lowest BCUT2D eigenvalue weighted by molar-refractivity contribution is 0.176. The van der Waals surface area contributed by atoms with E-state index in [9.17, 15) is 9.50 Å². The molecule has 0 fully saturated rings. The number of rotatable bonds is 3. The van der Waals surface area contributed by atoms with Crippen molar-refractivity contribution in [2.45, 2.75) is 12.5 Å². The van der Waals surface area contributed by atoms with Crippen molar-refractivity contribution in [3.05, 3.63) is 64.7 Å². The van der Waals surface area contributed by atoms with Gasteiger partial charge in [0.2, 0.25) is 0 Å². The molecule has 17 heavy (non-hydrogen) atoms. The number of benzene rings is 1. The van der Waals surface area contributed by atoms with Crippen LogP contribution in [0.3, 0.4) is 0 Å². The molecule has 0 spiro atoms. The Hall–Kier alpha value is -1.45. The molecule has 0 radical (unpaired) electrons. The van der Waals surface area contributed by atoms with Crippen molar-refractivity contribution in [3.63, 3.8) is 0 Å². The summed E-state index contributed by atoms with van der Waals surface area (Å²) in [5.41, 5.74) is 0.970. The van der Waals surface area contributed by atoms with Gasteiger partial charge in [-0.1, -0.05) is 23.7 Å². The van der Waals surface area contributed by atoms with Gasteiger partial charge in [0.25, 0.3) is 0 Å². The first-order valence-corrected chi connectivity index (χ1v) is 5.57. The lowest BCUT2D eigenvalue weighted by Gasteiger charge is -2.12. The van der Waals surface area contributed by atoms with E-state index in [1.54, 1.807) is 30.6 Å². The molecular formula is C13H11ClFNO. The number of aromatic nitrogens is 1. The van der Waals surface area contributed by atoms with Crippen molar-refractivity contribution in [3.8, 4) is 0 Å². The number of nitrogens with zero attached hydrogens (tertiary/aromatic N) is 1. The molecule has 88 valence electrons. The van der Waals surface area contributed by atoms with Crippen molar-refractivity contribution < 1.29 is 9.50 Å². The summed E-state index contributed by atoms with van der Waals surface area (Å²) in [5, 5.41) is 10.3. The van der Waals surface area contributed by atoms with Gasteiger partial charge in [-0.25, -0.2) is 4.39 Å². The second kappa shape index (κ2) is 5.25. The zero-order valence-corrected chi connectivity index (χ0v) is 9.73. The molecule has 1 heterocycles. The Kier molecular flexibility index (Phi) is 3.71. The SMILES string of the molecule is OC(Cc1c(F)cccc1Cl)c1cccnc1. The van der Waals surface area contributed by atoms with Gasteiger partial charge >= 0.3 is 0 Å². The molecule has 0 saturated heterocycles. The molecule has 1 unspecified atom stereocenters. The molecule has 1 atom stereocenters. The van der Waals surface area contributed by atoms with E-state index >= 15 is 0 Å². The molecule has 1 aromatic heterocycles. The summed E-state index contributed by atoms with van der Waals surface area (Å²) in [6, 6.07) is 7.94. The highest BCUT2D eigenvalue weighted by atomic mass is 35.5. The van der Waals surface area contributed by atoms with E-state index in [1.165, 1.54) is 12.1 Å². The lowest BCUT2D eigenvalue weighted by Crippen LogP contribution is -2.04. The molecule has 1 N–H and O–H groups in total. The third-order valence-corrected chi connectivity index (χ3v) is 2.88. The summed E-state index contributed by atoms with van der Waals surface area (Å²) in [6.45, 7) is 0. The number of pyridine rings is 1. The molecule has 2 rings (SSSR count). The van der Waals surface area contributed by atoms with Gasteiger partial charge in [-0.15, -0.1) is 0 Å². The van der Waals surface area contributed by atoms with Crippen LogP contribution in [0.2, 0.25) is 5.02 Å². The van der Waals surface area contributed by atoms with E-state index in [2.05, 4.69) is 4.98 Å². The molecule has 1 aromatic carbocycles. The van der Waals surface area contributed by atoms with Crippen molar-refractivity contribution in [2.24, 2.45) is 0 Å². The fourth-order valence-electron chi connectivity index (χ4n) is 1.61. The maximum atomic E-state index is 13.5. The summed E-state index contributed by atoms with van der Waals surface area (Å²) >= 11 is 5.89. The fourth-order valence-corrected chi connectivity index (χ4v) is 1.85. The maximum absolute atomic E-state index is 13.5. The molecule has 0 aliphatic carbocycles. The molecule has 0 aliphatic heterocycles. The van der Waals surface area contributed by atoms with Crippen LogP contribution in [-0.2, 0) is 6.42 Å². The monoisotopic (exact) mass is 251 g/mol. The average molecular weight is 252 g/mol. The Balaban J connectivity index is 2.22. The highest BCUT2D eigenvalue weighted by Crippen LogP contribution is 2.25. The van der Waals surface area contributed by atoms with Crippen molar-refractivity contribution in [2.75, 3.05) is 0 Å². The molecule has 0 amide bonds. The van der Waals surface area contributed by atoms with Crippen LogP contribution in [0.4, 0.5) is 4.39 Å². The number of hydrogen-bond donors (Lipinski definition) is 1. The van der Waals surface area contributed by atoms with Gasteiger partial charge in [-0.2, -0.15) is 0 Å². The second-order valence-electron chi connectivity index (χ2n) is 3.71. The summed E-state index contributed by atoms with van der Waals surface area (Å²) in [7, 11) is 0. The molecular weight excluding hydrogens is 241 g/mol. The number of aliphatic hydroxyl groups excluding tert-OH is 1. The molecule has 0 saturated carbocycles. The first kappa shape index (κ1) is 12.0. The van der Waals surface area contributed by atoms with Crippen LogP contribution in [-0.4, -0.2) is 10.1 Å². The Morgan fingerprint density at radius 1 is 1.29 bits per heavy atom. The third kappa shape index (κ3) is 2.81. The van der Waals surface area contributed by atoms with Gasteiger partial charge in [0.1, 0.15) is 5.82 Å². The standard InChI is InChI=1S/C13H11ClFNO/c14-11-4-1-5-12(15)10(11)7-13(17)9-3-2-6-16-8-9/h1-6,8,13,17H,7H2. The Labute approximate surface area is 104 Å². The quantitative estimate of drug-likeness (QED) is 0.909. The van der Waals surface area contributed by atoms with Gasteiger partial charge in [-0.05, 0) is 23.8 Å². The third-order valence-electron chi connectivity index (χ3n) is 2.53. The van der Waals surface area contributed by atoms with E-state index in [0.717, 1.165) is 0 Å². The van der Waals surface area contributed by atoms with Gasteiger partial charge in [0, 0.05) is 29.4 Å². The van der Waals surface area contributed by atoms with Gasteiger partial charge in [-0.3, -0.25) is 4.98 Å². The zero-order valence-electron chi connectivity index (χ0n) is 8.98. The molecule has 2 aromatic rings. The smallest absolute Gasteiger partial charge is 0.127 e. The number of halogens is 2. The van der Waals surface area contributed by atoms with E-state index in [4.69, 9.17) is 11.6 Å². The van der Waals surface area contributed by atoms with Crippen LogP contribution in [0.5, 0.6) is 0 Å². The Morgan fingerprint density at radius 3 is 2.76 bits per heavy atom. The second-order valence-corrected chi connectivity index (χ2v) is 4.11. The van der Waals surface area contributed by atoms with Crippen LogP contribution in [0.1, 0.15) is 17.2 Å². The number of aliphatic hydroxyl groups is 1. The summed E-state index contributed by atoms with van der Waals surface area (Å²) in [4.78, 5) is 3.91. The Morgan fingerprint density at radius 2 is 2.12 bits per heavy atom. The van der Waals surface area contributed by atoms with Gasteiger partial charge in [0.15, 0.2) is 0 Å². The van der Waals surface area contributed by atoms with Crippen molar-refractivity contribution in [1.82, 2.24) is 4.98 Å². The predicted octanol–water partition coefficient (Wildman–Crippen LogP) is 3.15. The molecule has 0 bridgehead atoms. The van der Waals surface area contributed by atoms with Crippen LogP contribution in [0.25, 0.3) is 0 Å². The molecule has 2 nitrogen and oxygen atoms in total. The maximum Gasteiger partial charge on any atom is 0.127 e. The first-order chi connectivity index (χ1) is 8.18. The normalized spacial score (nSPS) is 12.4. The number of hydrogen-bond acceptors (Lipinski definition) is 2. The minimum atomic E-state index is -0.807. The first-order valence-electron chi connectivity index (χ1n) is 5.19. The highest BCUT2D eigenvalue weighted by Gasteiger charge is 2.14. The van der Waals surface area contributed by atoms with Crippen LogP contribution in [0.15, 0.2) is 42.7 Å². The van der Waals surface area contributed by atoms with Crippen molar-refractivity contribution in [1.29, 1.82) is 0 Å². The van der Waals surface area contributed by atoms with Crippen LogP contribution < -0.4 is 0 Å². The predicted molar refractivity (Wildman–Crippen MR) is 64.3 cm³/mol. The molecule has 0 aliphatic rings. The largest absolute Gasteiger partial charge is 0.388 e. The average Bonchev–Trinajstić information content (AvgIpc) is 2.35. The lowest BCUT2D eigenvalue weighted by atomic mass is 10.0. The van der Waals surface area contributed by atoms with Gasteiger partial charge < -0.3 is 5.11 Å². The van der Waals surface area contributed by atoms with Crippen LogP contribution in [0, 0.1) is 5.82 Å². The van der Waals surface area contributed by atoms with E-state index in [-0.39, 0.29) is 6.42 Å². The topological polar surface area (TPSA) is 33.1 Å². The van der Waals surface area contributed by atoms with Crippen LogP contribution >= 0.6 is 11.6 Å². The minimum Gasteiger partial charge on any atom is -0.388 e. The fraction of sp³-hybridized carbons (Fsp3) is 0.154. The zero-order chi connectivity index (χ0) is 12.3. The minimum absolute atomic E-state index is 0.136. The van der Waals surface area contributed by atoms with E-state index in [0.29, 0.717) is 16.1 Å². The highest BCUT2D eigenvalue weighted by molar-refractivity contribution is 6.31. The van der Waals surface area contributed by atoms with E-state index in [1.807, 2.05) is 0 Å². The van der Waals surface area contributed by atoms with Crippen molar-refractivity contribution >= 4 is 11.6 Å². The summed E-state index contributed by atoms with van der Waals surface area (Å²) in [5.74, 6) is -0.402. The summed E-state index contributed by atoms with van der Waals surface area (Å²) < 4.78 is 13.5. The van der Waals surface area contributed by atoms with Gasteiger partial charge in [0.05, 0.1) is 6.10 Å².